The molecule has 11 heteroatoms. The van der Waals surface area contributed by atoms with Crippen LogP contribution in [0.1, 0.15) is 118 Å². The summed E-state index contributed by atoms with van der Waals surface area (Å²) in [5.41, 5.74) is -2.35. The van der Waals surface area contributed by atoms with Crippen LogP contribution in [0, 0.1) is 62.6 Å². The van der Waals surface area contributed by atoms with Crippen LogP contribution in [-0.2, 0) is 19.1 Å². The van der Waals surface area contributed by atoms with E-state index in [1.54, 1.807) is 11.7 Å². The zero-order valence-electron chi connectivity index (χ0n) is 33.8. The van der Waals surface area contributed by atoms with Gasteiger partial charge in [-0.05, 0) is 92.6 Å². The number of fused-ring (bicyclic) bond motifs is 3. The number of hydrogen-bond acceptors (Lipinski definition) is 8. The summed E-state index contributed by atoms with van der Waals surface area (Å²) in [6, 6.07) is -0.364. The predicted octanol–water partition coefficient (Wildman–Crippen LogP) is 5.97. The van der Waals surface area contributed by atoms with Gasteiger partial charge in [-0.25, -0.2) is 9.67 Å². The van der Waals surface area contributed by atoms with Crippen molar-refractivity contribution in [3.8, 4) is 0 Å². The third-order valence-electron chi connectivity index (χ3n) is 16.7. The summed E-state index contributed by atoms with van der Waals surface area (Å²) in [4.78, 5) is 46.2. The topological polar surface area (TPSA) is 145 Å². The van der Waals surface area contributed by atoms with Gasteiger partial charge in [-0.3, -0.25) is 14.4 Å². The van der Waals surface area contributed by atoms with Crippen molar-refractivity contribution in [3.05, 3.63) is 23.8 Å². The number of hydrogen-bond donors (Lipinski definition) is 3. The van der Waals surface area contributed by atoms with Crippen LogP contribution in [-0.4, -0.2) is 83.1 Å². The molecule has 3 saturated carbocycles. The monoisotopic (exact) mass is 723 g/mol. The molecule has 5 aliphatic rings. The Kier molecular flexibility index (Phi) is 9.77. The Bertz CT molecular complexity index is 1620. The van der Waals surface area contributed by atoms with Crippen LogP contribution < -0.4 is 10.6 Å². The van der Waals surface area contributed by atoms with Gasteiger partial charge < -0.3 is 25.2 Å². The second-order valence-corrected chi connectivity index (χ2v) is 19.2. The molecule has 4 aliphatic carbocycles. The van der Waals surface area contributed by atoms with Crippen LogP contribution in [0.2, 0.25) is 0 Å². The molecule has 1 saturated heterocycles. The van der Waals surface area contributed by atoms with E-state index >= 15 is 4.79 Å². The summed E-state index contributed by atoms with van der Waals surface area (Å²) in [6.07, 6.45) is 6.85. The summed E-state index contributed by atoms with van der Waals surface area (Å²) < 4.78 is 15.5. The summed E-state index contributed by atoms with van der Waals surface area (Å²) in [5, 5.41) is 22.0. The lowest BCUT2D eigenvalue weighted by molar-refractivity contribution is -0.251. The van der Waals surface area contributed by atoms with Gasteiger partial charge in [-0.15, -0.1) is 0 Å². The zero-order chi connectivity index (χ0) is 38.4. The normalized spacial score (nSPS) is 41.7. The van der Waals surface area contributed by atoms with Crippen LogP contribution in [0.3, 0.4) is 0 Å². The summed E-state index contributed by atoms with van der Waals surface area (Å²) >= 11 is 0. The number of ketones is 1. The summed E-state index contributed by atoms with van der Waals surface area (Å²) in [5.74, 6) is -0.964. The Morgan fingerprint density at radius 3 is 2.38 bits per heavy atom. The van der Waals surface area contributed by atoms with E-state index in [2.05, 4.69) is 77.9 Å². The van der Waals surface area contributed by atoms with Gasteiger partial charge in [0.25, 0.3) is 5.91 Å². The van der Waals surface area contributed by atoms with Crippen LogP contribution in [0.5, 0.6) is 0 Å². The number of allylic oxidation sites excluding steroid dienone is 1. The van der Waals surface area contributed by atoms with Crippen molar-refractivity contribution in [2.45, 2.75) is 119 Å². The van der Waals surface area contributed by atoms with E-state index in [0.29, 0.717) is 32.2 Å². The third kappa shape index (κ3) is 5.17. The van der Waals surface area contributed by atoms with Crippen molar-refractivity contribution >= 4 is 17.7 Å². The molecule has 1 aliphatic heterocycles. The van der Waals surface area contributed by atoms with Crippen molar-refractivity contribution in [3.63, 3.8) is 0 Å². The number of ether oxygens (including phenoxy) is 2. The number of carboxylic acid groups (broad SMARTS) is 1. The van der Waals surface area contributed by atoms with Gasteiger partial charge in [0, 0.05) is 28.8 Å². The number of carboxylic acids is 1. The number of nitrogens with one attached hydrogen (secondary N) is 2. The van der Waals surface area contributed by atoms with Crippen LogP contribution in [0.25, 0.3) is 0 Å². The van der Waals surface area contributed by atoms with E-state index in [9.17, 15) is 14.7 Å². The number of aliphatic carboxylic acids is 1. The maximum atomic E-state index is 15.1. The first kappa shape index (κ1) is 39.1. The fourth-order valence-electron chi connectivity index (χ4n) is 12.5. The average Bonchev–Trinajstić information content (AvgIpc) is 3.58. The highest BCUT2D eigenvalue weighted by Gasteiger charge is 2.74. The minimum absolute atomic E-state index is 0.0129. The van der Waals surface area contributed by atoms with Crippen LogP contribution in [0.4, 0.5) is 0 Å². The predicted molar refractivity (Wildman–Crippen MR) is 198 cm³/mol. The van der Waals surface area contributed by atoms with Crippen molar-refractivity contribution in [1.29, 1.82) is 0 Å². The van der Waals surface area contributed by atoms with Gasteiger partial charge in [0.2, 0.25) is 5.82 Å². The molecular weight excluding hydrogens is 658 g/mol. The quantitative estimate of drug-likeness (QED) is 0.266. The number of rotatable bonds is 10. The molecule has 1 aromatic rings. The maximum absolute atomic E-state index is 15.1. The molecule has 2 bridgehead atoms. The van der Waals surface area contributed by atoms with Crippen LogP contribution in [0.15, 0.2) is 18.0 Å². The molecule has 12 atom stereocenters. The molecule has 11 nitrogen and oxygen atoms in total. The zero-order valence-corrected chi connectivity index (χ0v) is 33.8. The molecule has 52 heavy (non-hydrogen) atoms. The number of amides is 1. The summed E-state index contributed by atoms with van der Waals surface area (Å²) in [7, 11) is 3.56. The Labute approximate surface area is 310 Å². The van der Waals surface area contributed by atoms with Crippen molar-refractivity contribution in [2.75, 3.05) is 33.9 Å². The summed E-state index contributed by atoms with van der Waals surface area (Å²) in [6.45, 7) is 23.0. The van der Waals surface area contributed by atoms with Crippen molar-refractivity contribution in [1.82, 2.24) is 25.4 Å². The first-order chi connectivity index (χ1) is 24.2. The van der Waals surface area contributed by atoms with Gasteiger partial charge in [0.05, 0.1) is 37.9 Å². The van der Waals surface area contributed by atoms with Crippen molar-refractivity contribution in [2.24, 2.45) is 62.6 Å². The van der Waals surface area contributed by atoms with Crippen molar-refractivity contribution < 1.29 is 29.0 Å². The number of carbonyl (C=O) groups excluding carboxylic acids is 2. The molecule has 6 rings (SSSR count). The smallest absolute Gasteiger partial charge is 0.308 e. The fourth-order valence-corrected chi connectivity index (χ4v) is 12.5. The molecule has 1 amide bonds. The van der Waals surface area contributed by atoms with Gasteiger partial charge in [0.1, 0.15) is 6.33 Å². The second kappa shape index (κ2) is 13.0. The molecule has 1 unspecified atom stereocenters. The Balaban J connectivity index is 1.51. The number of nitrogens with zero attached hydrogens (tertiary/aromatic N) is 3. The molecule has 4 fully saturated rings. The van der Waals surface area contributed by atoms with E-state index < -0.39 is 39.0 Å². The first-order valence-electron chi connectivity index (χ1n) is 19.7. The minimum Gasteiger partial charge on any atom is -0.481 e. The molecule has 0 aromatic carbocycles. The molecular formula is C41H65N5O6. The average molecular weight is 724 g/mol. The van der Waals surface area contributed by atoms with Gasteiger partial charge in [0.15, 0.2) is 5.78 Å². The third-order valence-corrected chi connectivity index (χ3v) is 16.7. The SMILES string of the molecule is CNC(=O)c1ncnn1[C@@H]1CC23COC[C@@](C)([C@@H]2CC[C@H]2C3=CC(=O)[C@@]3(C)[C@H](C(=O)O)[C@@](C)([C@H](C)C(C)C)CC[C@]23C)[C@H]1OC[C@](C)(NC)C(C)C. The molecule has 290 valence electrons. The second-order valence-electron chi connectivity index (χ2n) is 19.2. The highest BCUT2D eigenvalue weighted by molar-refractivity contribution is 6.00. The maximum Gasteiger partial charge on any atom is 0.308 e. The Morgan fingerprint density at radius 1 is 1.10 bits per heavy atom. The molecule has 2 heterocycles. The number of likely N-dealkylation sites (N-methyl/N-ethyl adjacent to an activating group) is 1. The highest BCUT2D eigenvalue weighted by atomic mass is 16.5. The highest BCUT2D eigenvalue weighted by Crippen LogP contribution is 2.75. The molecule has 3 N–H and O–H groups in total. The van der Waals surface area contributed by atoms with Gasteiger partial charge >= 0.3 is 5.97 Å². The Morgan fingerprint density at radius 2 is 1.79 bits per heavy atom. The van der Waals surface area contributed by atoms with Gasteiger partial charge in [-0.1, -0.05) is 67.9 Å². The minimum atomic E-state index is -1.07. The molecule has 0 spiro atoms. The number of aromatic nitrogens is 3. The van der Waals surface area contributed by atoms with E-state index in [4.69, 9.17) is 14.6 Å². The van der Waals surface area contributed by atoms with Crippen LogP contribution >= 0.6 is 0 Å². The number of carbonyl (C=O) groups is 3. The van der Waals surface area contributed by atoms with E-state index in [1.807, 2.05) is 20.0 Å². The van der Waals surface area contributed by atoms with E-state index in [0.717, 1.165) is 31.3 Å². The molecule has 0 radical (unpaired) electrons. The van der Waals surface area contributed by atoms with E-state index in [-0.39, 0.29) is 58.9 Å². The fraction of sp³-hybridized carbons (Fsp3) is 0.829. The largest absolute Gasteiger partial charge is 0.481 e. The van der Waals surface area contributed by atoms with Gasteiger partial charge in [-0.2, -0.15) is 5.10 Å². The Hall–Kier alpha value is -2.63. The lowest BCUT2D eigenvalue weighted by Crippen LogP contribution is -2.70. The lowest BCUT2D eigenvalue weighted by atomic mass is 9.34. The standard InChI is InChI=1S/C41H65N5O6/c1-23(2)25(5)36(6)15-16-38(8)26-13-14-29-37(7)19-51-21-41(29,27(26)17-30(47)40(38,10)31(36)35(49)50)18-28(46-33(34(48)42-11)44-22-45-46)32(37)52-20-39(9,43-12)24(3)4/h17,22-26,28-29,31-32,43H,13-16,18-21H2,1-12H3,(H,42,48)(H,49,50)/t25-,26+,28-,29+,31-,32+,36-,37+,38-,39+,40+,41?/m1/s1. The lowest BCUT2D eigenvalue weighted by Gasteiger charge is -2.70. The first-order valence-corrected chi connectivity index (χ1v) is 19.7. The molecule has 1 aromatic heterocycles. The van der Waals surface area contributed by atoms with E-state index in [1.165, 1.54) is 6.33 Å².